The van der Waals surface area contributed by atoms with Gasteiger partial charge in [0.2, 0.25) is 0 Å². The summed E-state index contributed by atoms with van der Waals surface area (Å²) in [5.41, 5.74) is 3.35. The molecular weight excluding hydrogens is 758 g/mol. The van der Waals surface area contributed by atoms with E-state index in [2.05, 4.69) is 52.2 Å². The number of carboxylic acid groups (broad SMARTS) is 1. The van der Waals surface area contributed by atoms with E-state index in [9.17, 15) is 19.5 Å². The largest absolute Gasteiger partial charge is 0.497 e. The number of oxime groups is 1. The fraction of sp³-hybridized carbons (Fsp3) is 0.195. The lowest BCUT2D eigenvalue weighted by atomic mass is 9.77. The number of carbonyl (C=O) groups excluding carboxylic acids is 2. The lowest BCUT2D eigenvalue weighted by Crippen LogP contribution is -2.71. The van der Waals surface area contributed by atoms with Gasteiger partial charge in [-0.25, -0.2) is 9.78 Å². The number of alkyl halides is 1. The molecule has 0 aliphatic carbocycles. The van der Waals surface area contributed by atoms with Crippen molar-refractivity contribution in [3.05, 3.63) is 160 Å². The maximum Gasteiger partial charge on any atom is 0.352 e. The Kier molecular flexibility index (Phi) is 11.2. The molecule has 0 radical (unpaired) electrons. The van der Waals surface area contributed by atoms with E-state index in [-0.39, 0.29) is 28.2 Å². The number of methoxy groups -OCH3 is 1. The number of benzene rings is 4. The molecule has 1 aromatic heterocycles. The fourth-order valence-corrected chi connectivity index (χ4v) is 9.77. The van der Waals surface area contributed by atoms with Crippen LogP contribution in [0.4, 0.5) is 5.13 Å². The minimum absolute atomic E-state index is 0.0755. The van der Waals surface area contributed by atoms with Crippen LogP contribution in [0, 0.1) is 0 Å². The maximum absolute atomic E-state index is 14.0. The smallest absolute Gasteiger partial charge is 0.352 e. The van der Waals surface area contributed by atoms with Crippen LogP contribution in [0.2, 0.25) is 0 Å². The Labute approximate surface area is 331 Å². The zero-order valence-electron chi connectivity index (χ0n) is 29.7. The monoisotopic (exact) mass is 793 g/mol. The summed E-state index contributed by atoms with van der Waals surface area (Å²) in [7, 11) is 2.90. The molecule has 1 unspecified atom stereocenters. The summed E-state index contributed by atoms with van der Waals surface area (Å²) in [5.74, 6) is -1.91. The van der Waals surface area contributed by atoms with Crippen molar-refractivity contribution in [2.24, 2.45) is 5.16 Å². The molecule has 55 heavy (non-hydrogen) atoms. The van der Waals surface area contributed by atoms with Gasteiger partial charge in [-0.1, -0.05) is 108 Å². The third-order valence-electron chi connectivity index (χ3n) is 9.55. The van der Waals surface area contributed by atoms with Crippen molar-refractivity contribution >= 4 is 63.3 Å². The number of aromatic nitrogens is 1. The van der Waals surface area contributed by atoms with Gasteiger partial charge in [0.1, 0.15) is 41.2 Å². The SMILES string of the molecule is CO/N=C(\C(=O)N[C@@H]1C(=O)N2C(C(=O)O)=C(CCl)C(Cc3ccc(OC)cc3)S[C@H]12)c1csc(NC(c2ccccc2)(c2ccccc2)c2ccccc2)n1. The number of ether oxygens (including phenoxy) is 1. The van der Waals surface area contributed by atoms with E-state index in [4.69, 9.17) is 26.2 Å². The molecule has 4 aromatic carbocycles. The van der Waals surface area contributed by atoms with Crippen LogP contribution < -0.4 is 15.4 Å². The Morgan fingerprint density at radius 3 is 2.00 bits per heavy atom. The van der Waals surface area contributed by atoms with Gasteiger partial charge in [-0.05, 0) is 46.4 Å². The number of thiazole rings is 1. The first-order chi connectivity index (χ1) is 26.8. The maximum atomic E-state index is 14.0. The zero-order chi connectivity index (χ0) is 38.5. The molecule has 1 fully saturated rings. The van der Waals surface area contributed by atoms with Crippen molar-refractivity contribution in [2.45, 2.75) is 28.6 Å². The molecule has 7 rings (SSSR count). The van der Waals surface area contributed by atoms with E-state index < -0.39 is 34.7 Å². The lowest BCUT2D eigenvalue weighted by Gasteiger charge is -2.51. The van der Waals surface area contributed by atoms with Crippen molar-refractivity contribution in [3.8, 4) is 5.75 Å². The molecule has 2 aliphatic rings. The van der Waals surface area contributed by atoms with Gasteiger partial charge in [0.15, 0.2) is 10.8 Å². The Bertz CT molecular complexity index is 2140. The van der Waals surface area contributed by atoms with Crippen LogP contribution in [0.1, 0.15) is 27.9 Å². The van der Waals surface area contributed by atoms with Gasteiger partial charge in [-0.2, -0.15) is 0 Å². The van der Waals surface area contributed by atoms with Crippen LogP contribution >= 0.6 is 34.7 Å². The van der Waals surface area contributed by atoms with Crippen LogP contribution in [0.25, 0.3) is 0 Å². The van der Waals surface area contributed by atoms with Crippen LogP contribution in [0.15, 0.2) is 137 Å². The Morgan fingerprint density at radius 1 is 0.909 bits per heavy atom. The van der Waals surface area contributed by atoms with Crippen LogP contribution in [-0.2, 0) is 31.2 Å². The molecule has 2 amide bonds. The van der Waals surface area contributed by atoms with E-state index in [0.29, 0.717) is 22.9 Å². The topological polar surface area (TPSA) is 142 Å². The minimum Gasteiger partial charge on any atom is -0.497 e. The average Bonchev–Trinajstić information content (AvgIpc) is 3.69. The van der Waals surface area contributed by atoms with Crippen LogP contribution in [0.5, 0.6) is 5.75 Å². The van der Waals surface area contributed by atoms with Gasteiger partial charge >= 0.3 is 5.97 Å². The number of hydrogen-bond donors (Lipinski definition) is 3. The number of fused-ring (bicyclic) bond motifs is 1. The summed E-state index contributed by atoms with van der Waals surface area (Å²) in [6.45, 7) is 0. The highest BCUT2D eigenvalue weighted by Gasteiger charge is 2.56. The minimum atomic E-state index is -1.26. The number of amides is 2. The number of thioether (sulfide) groups is 1. The van der Waals surface area contributed by atoms with Gasteiger partial charge in [0.25, 0.3) is 11.8 Å². The molecule has 3 heterocycles. The van der Waals surface area contributed by atoms with E-state index >= 15 is 0 Å². The highest BCUT2D eigenvalue weighted by molar-refractivity contribution is 8.00. The summed E-state index contributed by atoms with van der Waals surface area (Å²) >= 11 is 8.99. The second kappa shape index (κ2) is 16.4. The molecule has 0 bridgehead atoms. The normalized spacial score (nSPS) is 18.2. The lowest BCUT2D eigenvalue weighted by molar-refractivity contribution is -0.150. The second-order valence-electron chi connectivity index (χ2n) is 12.7. The first-order valence-electron chi connectivity index (χ1n) is 17.3. The van der Waals surface area contributed by atoms with Crippen LogP contribution in [-0.4, -0.2) is 75.3 Å². The van der Waals surface area contributed by atoms with E-state index in [1.54, 1.807) is 12.5 Å². The molecule has 11 nitrogen and oxygen atoms in total. The molecule has 3 atom stereocenters. The molecule has 0 saturated carbocycles. The first-order valence-corrected chi connectivity index (χ1v) is 19.6. The van der Waals surface area contributed by atoms with Crippen molar-refractivity contribution < 1.29 is 29.1 Å². The van der Waals surface area contributed by atoms with Gasteiger partial charge in [0, 0.05) is 16.5 Å². The molecule has 3 N–H and O–H groups in total. The number of carbonyl (C=O) groups is 3. The van der Waals surface area contributed by atoms with Gasteiger partial charge in [0.05, 0.1) is 7.11 Å². The number of β-lactam (4-membered cyclic amide) rings is 1. The van der Waals surface area contributed by atoms with E-state index in [0.717, 1.165) is 22.3 Å². The predicted molar refractivity (Wildman–Crippen MR) is 215 cm³/mol. The first kappa shape index (κ1) is 37.7. The van der Waals surface area contributed by atoms with E-state index in [1.165, 1.54) is 35.1 Å². The second-order valence-corrected chi connectivity index (χ2v) is 15.1. The fourth-order valence-electron chi connectivity index (χ4n) is 6.96. The number of aliphatic carboxylic acids is 1. The molecule has 2 aliphatic heterocycles. The number of rotatable bonds is 14. The number of hydrogen-bond acceptors (Lipinski definition) is 10. The van der Waals surface area contributed by atoms with Crippen molar-refractivity contribution in [2.75, 3.05) is 25.4 Å². The van der Waals surface area contributed by atoms with Crippen molar-refractivity contribution in [3.63, 3.8) is 0 Å². The van der Waals surface area contributed by atoms with E-state index in [1.807, 2.05) is 78.9 Å². The summed E-state index contributed by atoms with van der Waals surface area (Å²) in [6.07, 6.45) is 0.452. The van der Waals surface area contributed by atoms with Gasteiger partial charge in [-0.15, -0.1) is 34.7 Å². The number of halogens is 1. The summed E-state index contributed by atoms with van der Waals surface area (Å²) in [6, 6.07) is 36.5. The molecule has 0 spiro atoms. The molecule has 280 valence electrons. The molecular formula is C41H36ClN5O6S2. The molecule has 5 aromatic rings. The molecule has 14 heteroatoms. The summed E-state index contributed by atoms with van der Waals surface area (Å²) < 4.78 is 5.28. The number of nitrogens with one attached hydrogen (secondary N) is 2. The average molecular weight is 794 g/mol. The third kappa shape index (κ3) is 7.30. The number of anilines is 1. The van der Waals surface area contributed by atoms with Crippen LogP contribution in [0.3, 0.4) is 0 Å². The standard InChI is InChI=1S/C41H36ClN5O6S2/c1-52-29-20-18-25(19-21-29)22-32-30(23-42)35(39(50)51)47-37(49)34(38(47)55-32)44-36(48)33(46-53-2)31-24-54-40(43-31)45-41(26-12-6-3-7-13-26,27-14-8-4-9-15-27)28-16-10-5-11-17-28/h3-21,24,32,34,38H,22-23H2,1-2H3,(H,43,45)(H,44,48)(H,50,51)/b46-33-/t32?,34-,38-/m1/s1. The Balaban J connectivity index is 1.16. The number of carboxylic acids is 1. The number of nitrogens with zero attached hydrogens (tertiary/aromatic N) is 3. The van der Waals surface area contributed by atoms with Crippen molar-refractivity contribution in [1.82, 2.24) is 15.2 Å². The summed E-state index contributed by atoms with van der Waals surface area (Å²) in [4.78, 5) is 51.2. The quantitative estimate of drug-likeness (QED) is 0.0378. The van der Waals surface area contributed by atoms with Gasteiger partial charge in [-0.3, -0.25) is 14.5 Å². The third-order valence-corrected chi connectivity index (χ3v) is 12.1. The highest BCUT2D eigenvalue weighted by Crippen LogP contribution is 2.46. The van der Waals surface area contributed by atoms with Crippen molar-refractivity contribution in [1.29, 1.82) is 0 Å². The van der Waals surface area contributed by atoms with Gasteiger partial charge < -0.3 is 25.3 Å². The Hall–Kier alpha value is -5.63. The predicted octanol–water partition coefficient (Wildman–Crippen LogP) is 6.49. The molecule has 1 saturated heterocycles. The highest BCUT2D eigenvalue weighted by atomic mass is 35.5. The summed E-state index contributed by atoms with van der Waals surface area (Å²) in [5, 5.41) is 21.9. The zero-order valence-corrected chi connectivity index (χ0v) is 32.1. The Morgan fingerprint density at radius 2 is 1.49 bits per heavy atom.